The summed E-state index contributed by atoms with van der Waals surface area (Å²) in [5.41, 5.74) is 12.0. The molecular formula is C43H31N5. The minimum Gasteiger partial charge on any atom is -0.292 e. The lowest BCUT2D eigenvalue weighted by Crippen LogP contribution is -2.15. The molecule has 0 bridgehead atoms. The van der Waals surface area contributed by atoms with Gasteiger partial charge in [-0.1, -0.05) is 135 Å². The van der Waals surface area contributed by atoms with E-state index in [0.29, 0.717) is 17.5 Å². The van der Waals surface area contributed by atoms with Crippen LogP contribution in [-0.4, -0.2) is 24.5 Å². The van der Waals surface area contributed by atoms with Crippen molar-refractivity contribution < 1.29 is 0 Å². The molecule has 0 N–H and O–H groups in total. The van der Waals surface area contributed by atoms with Gasteiger partial charge in [-0.05, 0) is 52.6 Å². The highest BCUT2D eigenvalue weighted by molar-refractivity contribution is 5.86. The van der Waals surface area contributed by atoms with Crippen molar-refractivity contribution in [3.63, 3.8) is 0 Å². The molecule has 1 aliphatic carbocycles. The Morgan fingerprint density at radius 1 is 0.438 bits per heavy atom. The Morgan fingerprint density at radius 3 is 1.73 bits per heavy atom. The van der Waals surface area contributed by atoms with Crippen LogP contribution in [0.3, 0.4) is 0 Å². The van der Waals surface area contributed by atoms with Crippen LogP contribution in [0.15, 0.2) is 152 Å². The molecule has 48 heavy (non-hydrogen) atoms. The fourth-order valence-electron chi connectivity index (χ4n) is 7.05. The first-order chi connectivity index (χ1) is 23.5. The van der Waals surface area contributed by atoms with Gasteiger partial charge in [0.2, 0.25) is 0 Å². The average molecular weight is 618 g/mol. The summed E-state index contributed by atoms with van der Waals surface area (Å²) in [5.74, 6) is 2.76. The molecule has 0 atom stereocenters. The van der Waals surface area contributed by atoms with Crippen molar-refractivity contribution in [3.05, 3.63) is 163 Å². The van der Waals surface area contributed by atoms with Gasteiger partial charge in [0.25, 0.3) is 0 Å². The van der Waals surface area contributed by atoms with Crippen LogP contribution in [0.4, 0.5) is 0 Å². The van der Waals surface area contributed by atoms with Gasteiger partial charge < -0.3 is 0 Å². The molecule has 5 nitrogen and oxygen atoms in total. The SMILES string of the molecule is CC1(C)c2ccccc2-c2ccc(-n3c(-c4cccc(-c5nc(-c6ccccc6)nc(-c6ccccc6)n5)c4)nc4ccccc43)cc21. The first-order valence-electron chi connectivity index (χ1n) is 16.2. The fourth-order valence-corrected chi connectivity index (χ4v) is 7.05. The second kappa shape index (κ2) is 11.0. The van der Waals surface area contributed by atoms with Gasteiger partial charge in [0.15, 0.2) is 17.5 Å². The minimum atomic E-state index is -0.107. The van der Waals surface area contributed by atoms with Gasteiger partial charge in [-0.2, -0.15) is 0 Å². The molecular weight excluding hydrogens is 587 g/mol. The van der Waals surface area contributed by atoms with E-state index < -0.39 is 0 Å². The molecule has 0 unspecified atom stereocenters. The summed E-state index contributed by atoms with van der Waals surface area (Å²) in [4.78, 5) is 20.0. The van der Waals surface area contributed by atoms with Crippen molar-refractivity contribution in [2.75, 3.05) is 0 Å². The third kappa shape index (κ3) is 4.55. The van der Waals surface area contributed by atoms with E-state index in [1.54, 1.807) is 0 Å². The van der Waals surface area contributed by atoms with Crippen molar-refractivity contribution in [1.82, 2.24) is 24.5 Å². The second-order valence-electron chi connectivity index (χ2n) is 12.8. The van der Waals surface area contributed by atoms with Crippen LogP contribution in [0.5, 0.6) is 0 Å². The Kier molecular flexibility index (Phi) is 6.40. The van der Waals surface area contributed by atoms with E-state index in [-0.39, 0.29) is 5.41 Å². The third-order valence-electron chi connectivity index (χ3n) is 9.46. The summed E-state index contributed by atoms with van der Waals surface area (Å²) in [6.07, 6.45) is 0. The van der Waals surface area contributed by atoms with Gasteiger partial charge in [0.05, 0.1) is 11.0 Å². The monoisotopic (exact) mass is 617 g/mol. The molecule has 0 fully saturated rings. The van der Waals surface area contributed by atoms with Gasteiger partial charge in [0, 0.05) is 33.4 Å². The maximum atomic E-state index is 5.20. The van der Waals surface area contributed by atoms with Gasteiger partial charge in [0.1, 0.15) is 5.82 Å². The van der Waals surface area contributed by atoms with Gasteiger partial charge in [-0.3, -0.25) is 4.57 Å². The third-order valence-corrected chi connectivity index (χ3v) is 9.46. The lowest BCUT2D eigenvalue weighted by molar-refractivity contribution is 0.660. The molecule has 0 radical (unpaired) electrons. The van der Waals surface area contributed by atoms with Crippen molar-refractivity contribution in [1.29, 1.82) is 0 Å². The number of nitrogens with zero attached hydrogens (tertiary/aromatic N) is 5. The van der Waals surface area contributed by atoms with Crippen LogP contribution in [0.25, 0.3) is 73.4 Å². The standard InChI is InChI=1S/C43H31N5/c1-43(2)35-21-10-9-20-33(35)34-25-24-32(27-36(34)43)48-38-23-12-11-22-37(38)44-42(48)31-19-13-18-30(26-31)41-46-39(28-14-5-3-6-15-28)45-40(47-41)29-16-7-4-8-17-29/h3-27H,1-2H3. The predicted octanol–water partition coefficient (Wildman–Crippen LogP) is 10.2. The zero-order valence-electron chi connectivity index (χ0n) is 26.7. The highest BCUT2D eigenvalue weighted by Gasteiger charge is 2.35. The molecule has 0 saturated heterocycles. The second-order valence-corrected chi connectivity index (χ2v) is 12.8. The van der Waals surface area contributed by atoms with E-state index in [0.717, 1.165) is 44.8 Å². The van der Waals surface area contributed by atoms with Crippen molar-refractivity contribution in [2.45, 2.75) is 19.3 Å². The quantitative estimate of drug-likeness (QED) is 0.193. The number of imidazole rings is 1. The number of benzene rings is 6. The predicted molar refractivity (Wildman–Crippen MR) is 194 cm³/mol. The van der Waals surface area contributed by atoms with Gasteiger partial charge in [-0.25, -0.2) is 19.9 Å². The molecule has 1 aliphatic rings. The molecule has 2 aromatic heterocycles. The molecule has 9 rings (SSSR count). The van der Waals surface area contributed by atoms with Crippen LogP contribution in [0, 0.1) is 0 Å². The van der Waals surface area contributed by atoms with Crippen molar-refractivity contribution in [2.24, 2.45) is 0 Å². The van der Waals surface area contributed by atoms with Crippen molar-refractivity contribution in [3.8, 4) is 62.4 Å². The lowest BCUT2D eigenvalue weighted by Gasteiger charge is -2.22. The van der Waals surface area contributed by atoms with Gasteiger partial charge >= 0.3 is 0 Å². The maximum absolute atomic E-state index is 5.20. The lowest BCUT2D eigenvalue weighted by atomic mass is 9.82. The molecule has 0 amide bonds. The Balaban J connectivity index is 1.21. The molecule has 6 aromatic carbocycles. The van der Waals surface area contributed by atoms with E-state index in [2.05, 4.69) is 103 Å². The Morgan fingerprint density at radius 2 is 1.00 bits per heavy atom. The summed E-state index contributed by atoms with van der Waals surface area (Å²) in [5, 5.41) is 0. The average Bonchev–Trinajstić information content (AvgIpc) is 3.65. The van der Waals surface area contributed by atoms with E-state index in [1.165, 1.54) is 22.3 Å². The number of hydrogen-bond donors (Lipinski definition) is 0. The molecule has 0 spiro atoms. The summed E-state index contributed by atoms with van der Waals surface area (Å²) < 4.78 is 2.28. The number of aromatic nitrogens is 5. The highest BCUT2D eigenvalue weighted by Crippen LogP contribution is 2.49. The molecule has 5 heteroatoms. The van der Waals surface area contributed by atoms with E-state index in [4.69, 9.17) is 19.9 Å². The van der Waals surface area contributed by atoms with E-state index in [1.807, 2.05) is 66.7 Å². The summed E-state index contributed by atoms with van der Waals surface area (Å²) in [6.45, 7) is 4.64. The largest absolute Gasteiger partial charge is 0.292 e. The Bertz CT molecular complexity index is 2420. The number of fused-ring (bicyclic) bond motifs is 4. The molecule has 228 valence electrons. The maximum Gasteiger partial charge on any atom is 0.164 e. The number of rotatable bonds is 5. The van der Waals surface area contributed by atoms with Crippen molar-refractivity contribution >= 4 is 11.0 Å². The molecule has 0 saturated carbocycles. The fraction of sp³-hybridized carbons (Fsp3) is 0.0698. The summed E-state index contributed by atoms with van der Waals surface area (Å²) in [6, 6.07) is 52.5. The normalized spacial score (nSPS) is 13.0. The van der Waals surface area contributed by atoms with Crippen LogP contribution in [0.2, 0.25) is 0 Å². The topological polar surface area (TPSA) is 56.5 Å². The summed E-state index contributed by atoms with van der Waals surface area (Å²) in [7, 11) is 0. The zero-order valence-corrected chi connectivity index (χ0v) is 26.7. The van der Waals surface area contributed by atoms with Crippen LogP contribution in [0.1, 0.15) is 25.0 Å². The van der Waals surface area contributed by atoms with Crippen LogP contribution in [-0.2, 0) is 5.41 Å². The van der Waals surface area contributed by atoms with Gasteiger partial charge in [-0.15, -0.1) is 0 Å². The number of para-hydroxylation sites is 2. The van der Waals surface area contributed by atoms with E-state index in [9.17, 15) is 0 Å². The zero-order chi connectivity index (χ0) is 32.2. The minimum absolute atomic E-state index is 0.107. The highest BCUT2D eigenvalue weighted by atomic mass is 15.1. The first-order valence-corrected chi connectivity index (χ1v) is 16.2. The molecule has 8 aromatic rings. The van der Waals surface area contributed by atoms with E-state index >= 15 is 0 Å². The Hall–Kier alpha value is -6.20. The Labute approximate surface area is 279 Å². The first kappa shape index (κ1) is 28.1. The number of hydrogen-bond acceptors (Lipinski definition) is 4. The molecule has 2 heterocycles. The molecule has 0 aliphatic heterocycles. The van der Waals surface area contributed by atoms with Crippen LogP contribution < -0.4 is 0 Å². The van der Waals surface area contributed by atoms with Crippen LogP contribution >= 0.6 is 0 Å². The smallest absolute Gasteiger partial charge is 0.164 e. The summed E-state index contributed by atoms with van der Waals surface area (Å²) >= 11 is 0.